The number of aryl methyl sites for hydroxylation is 1. The highest BCUT2D eigenvalue weighted by Gasteiger charge is 2.29. The first-order chi connectivity index (χ1) is 38.0. The van der Waals surface area contributed by atoms with Crippen LogP contribution in [0.5, 0.6) is 11.5 Å². The summed E-state index contributed by atoms with van der Waals surface area (Å²) in [7, 11) is 0. The molecule has 0 spiro atoms. The Morgan fingerprint density at radius 2 is 0.886 bits per heavy atom. The highest BCUT2D eigenvalue weighted by molar-refractivity contribution is 6.11. The Morgan fingerprint density at radius 1 is 0.519 bits per heavy atom. The van der Waals surface area contributed by atoms with Crippen LogP contribution in [-0.4, -0.2) is 62.0 Å². The molecule has 0 aliphatic heterocycles. The first kappa shape index (κ1) is 55.5. The Kier molecular flexibility index (Phi) is 17.6. The number of fused-ring (bicyclic) bond motifs is 4. The second-order valence-corrected chi connectivity index (χ2v) is 19.7. The van der Waals surface area contributed by atoms with E-state index in [9.17, 15) is 28.8 Å². The number of ether oxygens (including phenoxy) is 6. The van der Waals surface area contributed by atoms with Gasteiger partial charge < -0.3 is 39.9 Å². The number of esters is 2. The number of carbonyl (C=O) groups is 6. The van der Waals surface area contributed by atoms with Gasteiger partial charge in [-0.05, 0) is 114 Å². The van der Waals surface area contributed by atoms with Gasteiger partial charge in [-0.3, -0.25) is 10.6 Å². The van der Waals surface area contributed by atoms with Gasteiger partial charge in [0.1, 0.15) is 24.7 Å². The molecule has 16 nitrogen and oxygen atoms in total. The summed E-state index contributed by atoms with van der Waals surface area (Å²) in [5.41, 5.74) is 15.5. The molecule has 8 aromatic carbocycles. The molecule has 0 saturated carbocycles. The number of carbonyl (C=O) groups excluding carboxylic acids is 6. The maximum absolute atomic E-state index is 13.7. The van der Waals surface area contributed by atoms with Gasteiger partial charge in [-0.2, -0.15) is 0 Å². The number of nitrogens with two attached hydrogens (primary N) is 2. The summed E-state index contributed by atoms with van der Waals surface area (Å²) < 4.78 is 32.2. The predicted octanol–water partition coefficient (Wildman–Crippen LogP) is 12.3. The maximum Gasteiger partial charge on any atom is 0.415 e. The fraction of sp³-hybridized carbons (Fsp3) is 0.206. The third-order valence-corrected chi connectivity index (χ3v) is 13.4. The normalized spacial score (nSPS) is 12.4. The minimum atomic E-state index is -1.46. The number of nitrogens with one attached hydrogen (secondary N) is 2. The maximum atomic E-state index is 13.7. The molecule has 0 aromatic heterocycles. The van der Waals surface area contributed by atoms with Crippen LogP contribution < -0.4 is 31.6 Å². The smallest absolute Gasteiger partial charge is 0.415 e. The Morgan fingerprint density at radius 3 is 1.29 bits per heavy atom. The minimum Gasteiger partial charge on any atom is -0.456 e. The van der Waals surface area contributed by atoms with Crippen molar-refractivity contribution in [2.75, 3.05) is 13.2 Å². The van der Waals surface area contributed by atoms with Gasteiger partial charge in [0.25, 0.3) is 0 Å². The molecule has 79 heavy (non-hydrogen) atoms. The van der Waals surface area contributed by atoms with Crippen molar-refractivity contribution in [2.45, 2.75) is 58.9 Å². The van der Waals surface area contributed by atoms with Crippen molar-refractivity contribution in [3.63, 3.8) is 0 Å². The largest absolute Gasteiger partial charge is 0.456 e. The van der Waals surface area contributed by atoms with Crippen LogP contribution in [0, 0.1) is 11.3 Å². The van der Waals surface area contributed by atoms with E-state index in [-0.39, 0.29) is 22.8 Å². The second-order valence-electron chi connectivity index (χ2n) is 19.7. The van der Waals surface area contributed by atoms with Crippen molar-refractivity contribution < 1.29 is 57.2 Å². The number of primary amides is 2. The average molecular weight is 1070 g/mol. The fourth-order valence-electron chi connectivity index (χ4n) is 10.2. The van der Waals surface area contributed by atoms with Crippen molar-refractivity contribution in [1.82, 2.24) is 10.6 Å². The summed E-state index contributed by atoms with van der Waals surface area (Å²) in [6.07, 6.45) is -2.51. The molecule has 0 saturated heterocycles. The van der Waals surface area contributed by atoms with E-state index in [0.29, 0.717) is 24.0 Å². The zero-order valence-electron chi connectivity index (χ0n) is 44.0. The van der Waals surface area contributed by atoms with Crippen LogP contribution in [0.25, 0.3) is 65.3 Å². The molecular weight excluding hydrogens is 1000 g/mol. The van der Waals surface area contributed by atoms with Crippen LogP contribution in [0.4, 0.5) is 19.2 Å². The molecule has 3 unspecified atom stereocenters. The van der Waals surface area contributed by atoms with E-state index in [1.54, 1.807) is 12.1 Å². The minimum absolute atomic E-state index is 0.200. The fourth-order valence-corrected chi connectivity index (χ4v) is 10.2. The molecule has 16 heteroatoms. The average Bonchev–Trinajstić information content (AvgIpc) is 3.57. The van der Waals surface area contributed by atoms with Crippen LogP contribution in [0.15, 0.2) is 171 Å². The Bertz CT molecular complexity index is 3650. The van der Waals surface area contributed by atoms with Crippen LogP contribution >= 0.6 is 0 Å². The van der Waals surface area contributed by atoms with E-state index < -0.39 is 62.0 Å². The van der Waals surface area contributed by atoms with Gasteiger partial charge in [-0.15, -0.1) is 0 Å². The topological polar surface area (TPSA) is 234 Å². The summed E-state index contributed by atoms with van der Waals surface area (Å²) in [6.45, 7) is 12.4. The molecule has 0 aliphatic carbocycles. The first-order valence-corrected chi connectivity index (χ1v) is 25.5. The van der Waals surface area contributed by atoms with Gasteiger partial charge in [-0.25, -0.2) is 28.8 Å². The molecule has 0 fully saturated rings. The van der Waals surface area contributed by atoms with Gasteiger partial charge in [0.15, 0.2) is 0 Å². The van der Waals surface area contributed by atoms with Crippen molar-refractivity contribution in [2.24, 2.45) is 22.8 Å². The molecule has 4 amide bonds. The molecule has 8 rings (SSSR count). The van der Waals surface area contributed by atoms with Crippen LogP contribution in [0.2, 0.25) is 0 Å². The number of rotatable bonds is 21. The van der Waals surface area contributed by atoms with Gasteiger partial charge in [0.05, 0.1) is 0 Å². The Labute approximate surface area is 456 Å². The predicted molar refractivity (Wildman–Crippen MR) is 303 cm³/mol. The molecule has 8 aromatic rings. The van der Waals surface area contributed by atoms with Crippen molar-refractivity contribution in [3.8, 4) is 33.8 Å². The molecule has 0 radical (unpaired) electrons. The molecule has 0 bridgehead atoms. The SMILES string of the molecule is C=CC(=O)OCC(NC(=O)Oc1ccc2ccccc2c1-c1c(CCC(C)CC(C)(C)Cc2ccc3ccccc3c2-c2c(OC(=O)NC(COC(=O)C=C)OC(N)=O)ccc3ccccc23)ccc2ccccc12)OC(N)=O. The second kappa shape index (κ2) is 25.0. The third kappa shape index (κ3) is 13.8. The zero-order chi connectivity index (χ0) is 56.2. The zero-order valence-corrected chi connectivity index (χ0v) is 44.0. The van der Waals surface area contributed by atoms with E-state index in [1.807, 2.05) is 97.1 Å². The van der Waals surface area contributed by atoms with E-state index in [4.69, 9.17) is 39.9 Å². The quantitative estimate of drug-likeness (QED) is 0.0228. The lowest BCUT2D eigenvalue weighted by molar-refractivity contribution is -0.141. The monoisotopic (exact) mass is 1060 g/mol. The summed E-state index contributed by atoms with van der Waals surface area (Å²) >= 11 is 0. The highest BCUT2D eigenvalue weighted by Crippen LogP contribution is 2.46. The van der Waals surface area contributed by atoms with Crippen molar-refractivity contribution in [3.05, 3.63) is 182 Å². The number of amides is 4. The molecule has 6 N–H and O–H groups in total. The molecule has 404 valence electrons. The van der Waals surface area contributed by atoms with E-state index in [0.717, 1.165) is 90.3 Å². The lowest BCUT2D eigenvalue weighted by atomic mass is 9.75. The van der Waals surface area contributed by atoms with Gasteiger partial charge in [0, 0.05) is 23.3 Å². The van der Waals surface area contributed by atoms with Crippen LogP contribution in [-0.2, 0) is 41.4 Å². The summed E-state index contributed by atoms with van der Waals surface area (Å²) in [4.78, 5) is 74.6. The lowest BCUT2D eigenvalue weighted by Crippen LogP contribution is -2.44. The molecular formula is C63H60N4O12. The number of hydrogen-bond donors (Lipinski definition) is 4. The van der Waals surface area contributed by atoms with Gasteiger partial charge in [-0.1, -0.05) is 167 Å². The van der Waals surface area contributed by atoms with Crippen LogP contribution in [0.1, 0.15) is 44.7 Å². The van der Waals surface area contributed by atoms with Gasteiger partial charge in [0.2, 0.25) is 12.5 Å². The molecule has 0 aliphatic rings. The lowest BCUT2D eigenvalue weighted by Gasteiger charge is -2.30. The summed E-state index contributed by atoms with van der Waals surface area (Å²) in [5.74, 6) is -0.921. The van der Waals surface area contributed by atoms with Gasteiger partial charge >= 0.3 is 36.3 Å². The number of benzene rings is 8. The Hall–Kier alpha value is -9.70. The summed E-state index contributed by atoms with van der Waals surface area (Å²) in [5, 5.41) is 12.2. The van der Waals surface area contributed by atoms with Crippen molar-refractivity contribution >= 4 is 79.4 Å². The third-order valence-electron chi connectivity index (χ3n) is 13.4. The highest BCUT2D eigenvalue weighted by atomic mass is 16.6. The van der Waals surface area contributed by atoms with E-state index in [2.05, 4.69) is 81.0 Å². The van der Waals surface area contributed by atoms with E-state index >= 15 is 0 Å². The number of hydrogen-bond acceptors (Lipinski definition) is 12. The van der Waals surface area contributed by atoms with E-state index in [1.165, 1.54) is 0 Å². The van der Waals surface area contributed by atoms with Crippen molar-refractivity contribution in [1.29, 1.82) is 0 Å². The molecule has 0 heterocycles. The summed E-state index contributed by atoms with van der Waals surface area (Å²) in [6, 6.07) is 47.4. The first-order valence-electron chi connectivity index (χ1n) is 25.5. The standard InChI is InChI=1S/C63H60N4O12/c1-6-53(68)74-36-51(78-59(64)70)66-61(72)76-49-32-30-41-18-10-14-22-47(41)57(49)55-43(28-26-39-16-8-12-20-45(39)55)25-24-38(3)34-63(4,5)35-44-29-27-40-17-9-13-21-46(40)56(44)58-48-23-15-11-19-42(48)31-33-50(58)77-62(73)67-52(79-60(65)71)37-75-54(69)7-2/h6-23,26-33,38,51-52H,1-2,24-25,34-37H2,3-5H3,(H2,64,70)(H2,65,71)(H,66,72)(H,67,73). The van der Waals surface area contributed by atoms with Crippen LogP contribution in [0.3, 0.4) is 0 Å². The Balaban J connectivity index is 1.10. The molecule has 3 atom stereocenters.